The number of nitrogens with one attached hydrogen (secondary N) is 1. The monoisotopic (exact) mass is 250 g/mol. The highest BCUT2D eigenvalue weighted by atomic mass is 16.2. The Morgan fingerprint density at radius 2 is 1.78 bits per heavy atom. The van der Waals surface area contributed by atoms with Gasteiger partial charge in [0.1, 0.15) is 12.1 Å². The maximum Gasteiger partial charge on any atom is 0.246 e. The van der Waals surface area contributed by atoms with Gasteiger partial charge in [-0.3, -0.25) is 9.59 Å². The summed E-state index contributed by atoms with van der Waals surface area (Å²) in [4.78, 5) is 26.4. The van der Waals surface area contributed by atoms with E-state index in [-0.39, 0.29) is 29.3 Å². The molecule has 2 aliphatic rings. The van der Waals surface area contributed by atoms with E-state index in [9.17, 15) is 9.59 Å². The lowest BCUT2D eigenvalue weighted by atomic mass is 9.83. The normalized spacial score (nSPS) is 29.9. The van der Waals surface area contributed by atoms with Crippen LogP contribution < -0.4 is 5.32 Å². The van der Waals surface area contributed by atoms with E-state index in [1.807, 2.05) is 27.7 Å². The molecule has 0 spiro atoms. The van der Waals surface area contributed by atoms with E-state index in [4.69, 9.17) is 0 Å². The molecule has 1 aliphatic heterocycles. The van der Waals surface area contributed by atoms with Crippen molar-refractivity contribution in [1.29, 1.82) is 0 Å². The van der Waals surface area contributed by atoms with Gasteiger partial charge in [-0.15, -0.1) is 0 Å². The van der Waals surface area contributed by atoms with Gasteiger partial charge in [0.15, 0.2) is 0 Å². The number of hydrogen-bond donors (Lipinski definition) is 1. The van der Waals surface area contributed by atoms with Crippen LogP contribution in [-0.2, 0) is 9.59 Å². The van der Waals surface area contributed by atoms with Gasteiger partial charge in [-0.05, 0) is 25.2 Å². The van der Waals surface area contributed by atoms with Gasteiger partial charge in [-0.25, -0.2) is 0 Å². The minimum absolute atomic E-state index is 0.0403. The third-order valence-electron chi connectivity index (χ3n) is 3.83. The number of piperazine rings is 1. The van der Waals surface area contributed by atoms with Crippen LogP contribution in [-0.4, -0.2) is 34.8 Å². The summed E-state index contributed by atoms with van der Waals surface area (Å²) in [7, 11) is 0. The van der Waals surface area contributed by atoms with Crippen molar-refractivity contribution in [2.45, 2.75) is 58.7 Å². The summed E-state index contributed by atoms with van der Waals surface area (Å²) in [6.45, 7) is 7.76. The maximum atomic E-state index is 12.6. The van der Waals surface area contributed by atoms with Crippen LogP contribution in [0.5, 0.6) is 0 Å². The van der Waals surface area contributed by atoms with Crippen LogP contribution in [0, 0.1) is 5.41 Å². The predicted octanol–water partition coefficient (Wildman–Crippen LogP) is 1.47. The van der Waals surface area contributed by atoms with Gasteiger partial charge in [0, 0.05) is 6.04 Å². The lowest BCUT2D eigenvalue weighted by molar-refractivity contribution is -0.154. The highest BCUT2D eigenvalue weighted by molar-refractivity contribution is 5.97. The summed E-state index contributed by atoms with van der Waals surface area (Å²) in [6.07, 6.45) is 5.90. The van der Waals surface area contributed by atoms with Gasteiger partial charge in [-0.1, -0.05) is 32.9 Å². The van der Waals surface area contributed by atoms with E-state index in [1.165, 1.54) is 0 Å². The summed E-state index contributed by atoms with van der Waals surface area (Å²) < 4.78 is 0. The number of hydrogen-bond acceptors (Lipinski definition) is 2. The zero-order valence-electron chi connectivity index (χ0n) is 11.6. The van der Waals surface area contributed by atoms with Crippen molar-refractivity contribution in [1.82, 2.24) is 10.2 Å². The number of carbonyl (C=O) groups excluding carboxylic acids is 2. The van der Waals surface area contributed by atoms with Gasteiger partial charge in [0.25, 0.3) is 0 Å². The summed E-state index contributed by atoms with van der Waals surface area (Å²) in [5, 5.41) is 2.86. The van der Waals surface area contributed by atoms with Crippen molar-refractivity contribution in [3.63, 3.8) is 0 Å². The number of rotatable bonds is 1. The fourth-order valence-electron chi connectivity index (χ4n) is 2.70. The average molecular weight is 250 g/mol. The first-order valence-electron chi connectivity index (χ1n) is 6.60. The topological polar surface area (TPSA) is 49.4 Å². The molecule has 1 saturated heterocycles. The van der Waals surface area contributed by atoms with Crippen molar-refractivity contribution >= 4 is 11.8 Å². The Kier molecular flexibility index (Phi) is 3.21. The number of carbonyl (C=O) groups is 2. The molecule has 2 amide bonds. The number of nitrogens with zero attached hydrogens (tertiary/aromatic N) is 1. The Balaban J connectivity index is 2.25. The average Bonchev–Trinajstić information content (AvgIpc) is 2.75. The van der Waals surface area contributed by atoms with E-state index in [0.29, 0.717) is 0 Å². The predicted molar refractivity (Wildman–Crippen MR) is 69.9 cm³/mol. The molecule has 0 aromatic carbocycles. The minimum atomic E-state index is -0.415. The molecule has 1 fully saturated rings. The Bertz CT molecular complexity index is 387. The van der Waals surface area contributed by atoms with E-state index in [0.717, 1.165) is 12.8 Å². The molecule has 0 aromatic rings. The Morgan fingerprint density at radius 3 is 2.28 bits per heavy atom. The molecular formula is C14H22N2O2. The molecule has 2 atom stereocenters. The van der Waals surface area contributed by atoms with Gasteiger partial charge in [0.05, 0.1) is 0 Å². The highest BCUT2D eigenvalue weighted by Crippen LogP contribution is 2.29. The van der Waals surface area contributed by atoms with Crippen molar-refractivity contribution in [2.75, 3.05) is 0 Å². The second-order valence-electron chi connectivity index (χ2n) is 6.33. The molecule has 1 N–H and O–H groups in total. The van der Waals surface area contributed by atoms with E-state index < -0.39 is 6.04 Å². The smallest absolute Gasteiger partial charge is 0.246 e. The van der Waals surface area contributed by atoms with Crippen molar-refractivity contribution < 1.29 is 9.59 Å². The van der Waals surface area contributed by atoms with Crippen LogP contribution in [0.1, 0.15) is 40.5 Å². The minimum Gasteiger partial charge on any atom is -0.342 e. The molecule has 1 aliphatic carbocycles. The molecule has 0 radical (unpaired) electrons. The Morgan fingerprint density at radius 1 is 1.22 bits per heavy atom. The summed E-state index contributed by atoms with van der Waals surface area (Å²) in [5.74, 6) is 0.0183. The maximum absolute atomic E-state index is 12.6. The summed E-state index contributed by atoms with van der Waals surface area (Å²) >= 11 is 0. The van der Waals surface area contributed by atoms with Crippen molar-refractivity contribution in [3.8, 4) is 0 Å². The second kappa shape index (κ2) is 4.41. The van der Waals surface area contributed by atoms with Gasteiger partial charge in [0.2, 0.25) is 11.8 Å². The molecule has 4 heteroatoms. The SMILES string of the molecule is CC1C(=O)NC(C(C)(C)C)C(=O)N1C1CC=CC1. The lowest BCUT2D eigenvalue weighted by Crippen LogP contribution is -2.67. The van der Waals surface area contributed by atoms with Crippen LogP contribution in [0.25, 0.3) is 0 Å². The largest absolute Gasteiger partial charge is 0.342 e. The standard InChI is InChI=1S/C14H22N2O2/c1-9-12(17)15-11(14(2,3)4)13(18)16(9)10-7-5-6-8-10/h5-6,9-11H,7-8H2,1-4H3,(H,15,17). The fraction of sp³-hybridized carbons (Fsp3) is 0.714. The lowest BCUT2D eigenvalue weighted by Gasteiger charge is -2.44. The molecule has 18 heavy (non-hydrogen) atoms. The number of amides is 2. The third-order valence-corrected chi connectivity index (χ3v) is 3.83. The quantitative estimate of drug-likeness (QED) is 0.716. The van der Waals surface area contributed by atoms with E-state index >= 15 is 0 Å². The Hall–Kier alpha value is -1.32. The molecule has 0 bridgehead atoms. The van der Waals surface area contributed by atoms with Gasteiger partial charge >= 0.3 is 0 Å². The fourth-order valence-corrected chi connectivity index (χ4v) is 2.70. The van der Waals surface area contributed by atoms with Crippen molar-refractivity contribution in [2.24, 2.45) is 5.41 Å². The molecule has 0 aromatic heterocycles. The molecule has 4 nitrogen and oxygen atoms in total. The van der Waals surface area contributed by atoms with Gasteiger partial charge < -0.3 is 10.2 Å². The van der Waals surface area contributed by atoms with E-state index in [2.05, 4.69) is 17.5 Å². The summed E-state index contributed by atoms with van der Waals surface area (Å²) in [5.41, 5.74) is -0.253. The molecule has 100 valence electrons. The van der Waals surface area contributed by atoms with Crippen molar-refractivity contribution in [3.05, 3.63) is 12.2 Å². The first kappa shape index (κ1) is 13.1. The highest BCUT2D eigenvalue weighted by Gasteiger charge is 2.45. The Labute approximate surface area is 108 Å². The van der Waals surface area contributed by atoms with E-state index in [1.54, 1.807) is 4.90 Å². The molecule has 1 heterocycles. The third kappa shape index (κ3) is 2.16. The summed E-state index contributed by atoms with van der Waals surface area (Å²) in [6, 6.07) is -0.619. The molecule has 2 rings (SSSR count). The first-order valence-corrected chi connectivity index (χ1v) is 6.60. The second-order valence-corrected chi connectivity index (χ2v) is 6.33. The van der Waals surface area contributed by atoms with Crippen LogP contribution >= 0.6 is 0 Å². The van der Waals surface area contributed by atoms with Crippen LogP contribution in [0.4, 0.5) is 0 Å². The van der Waals surface area contributed by atoms with Crippen LogP contribution in [0.2, 0.25) is 0 Å². The van der Waals surface area contributed by atoms with Gasteiger partial charge in [-0.2, -0.15) is 0 Å². The zero-order valence-corrected chi connectivity index (χ0v) is 11.6. The molecule has 0 saturated carbocycles. The molecule has 2 unspecified atom stereocenters. The van der Waals surface area contributed by atoms with Crippen LogP contribution in [0.15, 0.2) is 12.2 Å². The first-order chi connectivity index (χ1) is 8.32. The van der Waals surface area contributed by atoms with Crippen LogP contribution in [0.3, 0.4) is 0 Å². The molecular weight excluding hydrogens is 228 g/mol. The zero-order chi connectivity index (χ0) is 13.5.